The summed E-state index contributed by atoms with van der Waals surface area (Å²) in [5.41, 5.74) is 2.14. The predicted molar refractivity (Wildman–Crippen MR) is 119 cm³/mol. The Morgan fingerprint density at radius 3 is 2.60 bits per heavy atom. The van der Waals surface area contributed by atoms with Crippen molar-refractivity contribution >= 4 is 51.3 Å². The summed E-state index contributed by atoms with van der Waals surface area (Å²) in [7, 11) is -4.11. The summed E-state index contributed by atoms with van der Waals surface area (Å²) in [6.45, 7) is 1.30. The summed E-state index contributed by atoms with van der Waals surface area (Å²) < 4.78 is 23.6. The molecule has 0 spiro atoms. The number of rotatable bonds is 5. The monoisotopic (exact) mass is 528 g/mol. The normalized spacial score (nSPS) is 29.2. The van der Waals surface area contributed by atoms with Crippen LogP contribution in [-0.4, -0.2) is 92.7 Å². The molecule has 188 valence electrons. The Kier molecular flexibility index (Phi) is 5.92. The Balaban J connectivity index is 1.43. The molecule has 13 nitrogen and oxygen atoms in total. The number of phenols is 2. The number of hydrogen-bond donors (Lipinski definition) is 4. The van der Waals surface area contributed by atoms with E-state index >= 15 is 0 Å². The van der Waals surface area contributed by atoms with Crippen LogP contribution in [0.4, 0.5) is 0 Å². The molecule has 1 aromatic rings. The number of halogens is 1. The summed E-state index contributed by atoms with van der Waals surface area (Å²) in [6.07, 6.45) is 0.768. The molecule has 3 saturated heterocycles. The highest BCUT2D eigenvalue weighted by molar-refractivity contribution is 7.94. The summed E-state index contributed by atoms with van der Waals surface area (Å²) in [4.78, 5) is 51.0. The summed E-state index contributed by atoms with van der Waals surface area (Å²) in [6, 6.07) is 0.680. The summed E-state index contributed by atoms with van der Waals surface area (Å²) in [5.74, 6) is -5.11. The van der Waals surface area contributed by atoms with Crippen LogP contribution in [0, 0.1) is 5.92 Å². The van der Waals surface area contributed by atoms with Crippen molar-refractivity contribution in [2.75, 3.05) is 13.1 Å². The minimum Gasteiger partial charge on any atom is -0.504 e. The second-order valence-corrected chi connectivity index (χ2v) is 11.6. The Bertz CT molecular complexity index is 1280. The van der Waals surface area contributed by atoms with Crippen molar-refractivity contribution in [2.24, 2.45) is 11.0 Å². The highest BCUT2D eigenvalue weighted by Crippen LogP contribution is 2.45. The first kappa shape index (κ1) is 24.7. The number of carboxylic acids is 1. The summed E-state index contributed by atoms with van der Waals surface area (Å²) in [5, 5.41) is 30.9. The molecular formula is C20H21ClN4O9S. The minimum absolute atomic E-state index is 0.0180. The van der Waals surface area contributed by atoms with Crippen LogP contribution in [0.3, 0.4) is 0 Å². The Morgan fingerprint density at radius 1 is 1.29 bits per heavy atom. The first-order chi connectivity index (χ1) is 16.3. The molecular weight excluding hydrogens is 508 g/mol. The van der Waals surface area contributed by atoms with E-state index in [2.05, 4.69) is 10.5 Å². The maximum Gasteiger partial charge on any atom is 0.328 e. The van der Waals surface area contributed by atoms with Gasteiger partial charge in [0.25, 0.3) is 5.91 Å². The van der Waals surface area contributed by atoms with E-state index in [-0.39, 0.29) is 36.5 Å². The van der Waals surface area contributed by atoms with Crippen LogP contribution in [0.2, 0.25) is 5.02 Å². The molecule has 3 amide bonds. The largest absolute Gasteiger partial charge is 0.504 e. The van der Waals surface area contributed by atoms with Crippen molar-refractivity contribution in [3.8, 4) is 11.5 Å². The van der Waals surface area contributed by atoms with Crippen molar-refractivity contribution < 1.29 is 42.9 Å². The third-order valence-electron chi connectivity index (χ3n) is 6.64. The van der Waals surface area contributed by atoms with Gasteiger partial charge in [-0.25, -0.2) is 18.6 Å². The number of β-lactam (4-membered cyclic amide) rings is 1. The van der Waals surface area contributed by atoms with Crippen molar-refractivity contribution in [1.29, 1.82) is 0 Å². The number of amides is 3. The molecule has 35 heavy (non-hydrogen) atoms. The number of hydrazone groups is 1. The summed E-state index contributed by atoms with van der Waals surface area (Å²) >= 11 is 5.93. The van der Waals surface area contributed by atoms with E-state index in [1.807, 2.05) is 0 Å². The molecule has 1 aromatic carbocycles. The molecule has 0 aromatic heterocycles. The standard InChI is InChI=1S/C20H21ClN4O9S/c1-20(16(19(31)32)25-12(27)6-13(25)35(20,33)34)8-22-23-17(29)9-4-5-24(7-9)18(30)10-2-3-11(26)15(28)14(10)21/h2-3,8-9,13,16,26,28H,4-7H2,1H3,(H,23,29)(H,31,32)/b22-8+/t9?,13-,16+,20+/m1/s1. The van der Waals surface area contributed by atoms with Gasteiger partial charge in [-0.1, -0.05) is 11.6 Å². The quantitative estimate of drug-likeness (QED) is 0.169. The van der Waals surface area contributed by atoms with Crippen LogP contribution in [0.1, 0.15) is 30.1 Å². The molecule has 3 aliphatic heterocycles. The minimum atomic E-state index is -4.11. The van der Waals surface area contributed by atoms with E-state index in [1.165, 1.54) is 11.0 Å². The van der Waals surface area contributed by atoms with Crippen LogP contribution in [-0.2, 0) is 24.2 Å². The zero-order chi connectivity index (χ0) is 25.9. The SMILES string of the molecule is C[C@]1(/C=N/NC(=O)C2CCN(C(=O)c3ccc(O)c(O)c3Cl)C2)[C@H](C(=O)O)N2C(=O)C[C@H]2S1(=O)=O. The van der Waals surface area contributed by atoms with E-state index in [0.29, 0.717) is 0 Å². The number of carbonyl (C=O) groups is 4. The second kappa shape index (κ2) is 8.37. The van der Waals surface area contributed by atoms with Crippen molar-refractivity contribution in [1.82, 2.24) is 15.2 Å². The van der Waals surface area contributed by atoms with Crippen molar-refractivity contribution in [2.45, 2.75) is 35.9 Å². The average molecular weight is 529 g/mol. The Hall–Kier alpha value is -3.39. The number of phenolic OH excluding ortho intramolecular Hbond substituents is 2. The molecule has 1 unspecified atom stereocenters. The van der Waals surface area contributed by atoms with E-state index in [4.69, 9.17) is 11.6 Å². The Morgan fingerprint density at radius 2 is 1.97 bits per heavy atom. The van der Waals surface area contributed by atoms with Crippen LogP contribution < -0.4 is 5.43 Å². The van der Waals surface area contributed by atoms with Gasteiger partial charge in [-0.15, -0.1) is 0 Å². The van der Waals surface area contributed by atoms with Gasteiger partial charge in [-0.05, 0) is 25.5 Å². The highest BCUT2D eigenvalue weighted by Gasteiger charge is 2.69. The van der Waals surface area contributed by atoms with Crippen LogP contribution in [0.15, 0.2) is 17.2 Å². The highest BCUT2D eigenvalue weighted by atomic mass is 35.5. The number of nitrogens with one attached hydrogen (secondary N) is 1. The van der Waals surface area contributed by atoms with E-state index in [9.17, 15) is 42.9 Å². The van der Waals surface area contributed by atoms with E-state index < -0.39 is 67.1 Å². The number of carboxylic acid groups (broad SMARTS) is 1. The zero-order valence-electron chi connectivity index (χ0n) is 18.2. The lowest BCUT2D eigenvalue weighted by Gasteiger charge is -2.35. The maximum absolute atomic E-state index is 12.8. The maximum atomic E-state index is 12.8. The van der Waals surface area contributed by atoms with Gasteiger partial charge in [0.05, 0.1) is 22.9 Å². The number of nitrogens with zero attached hydrogens (tertiary/aromatic N) is 3. The number of fused-ring (bicyclic) bond motifs is 1. The average Bonchev–Trinajstić information content (AvgIpc) is 3.33. The Labute approximate surface area is 203 Å². The van der Waals surface area contributed by atoms with Crippen LogP contribution in [0.25, 0.3) is 0 Å². The molecule has 15 heteroatoms. The fraction of sp³-hybridized carbons (Fsp3) is 0.450. The van der Waals surface area contributed by atoms with Gasteiger partial charge >= 0.3 is 5.97 Å². The topological polar surface area (TPSA) is 194 Å². The van der Waals surface area contributed by atoms with Gasteiger partial charge in [0, 0.05) is 19.3 Å². The number of hydrogen-bond acceptors (Lipinski definition) is 9. The smallest absolute Gasteiger partial charge is 0.328 e. The van der Waals surface area contributed by atoms with E-state index in [0.717, 1.165) is 24.1 Å². The molecule has 3 fully saturated rings. The van der Waals surface area contributed by atoms with Gasteiger partial charge in [0.2, 0.25) is 11.8 Å². The molecule has 0 bridgehead atoms. The lowest BCUT2D eigenvalue weighted by atomic mass is 9.97. The number of likely N-dealkylation sites (tertiary alicyclic amines) is 1. The fourth-order valence-electron chi connectivity index (χ4n) is 4.57. The molecule has 3 heterocycles. The third kappa shape index (κ3) is 3.67. The van der Waals surface area contributed by atoms with Crippen LogP contribution in [0.5, 0.6) is 11.5 Å². The van der Waals surface area contributed by atoms with Gasteiger partial charge in [-0.3, -0.25) is 14.4 Å². The molecule has 3 aliphatic rings. The molecule has 4 N–H and O–H groups in total. The number of aliphatic carboxylic acids is 1. The lowest BCUT2D eigenvalue weighted by molar-refractivity contribution is -0.156. The van der Waals surface area contributed by atoms with Gasteiger partial charge < -0.3 is 25.1 Å². The van der Waals surface area contributed by atoms with Crippen LogP contribution >= 0.6 is 11.6 Å². The first-order valence-corrected chi connectivity index (χ1v) is 12.3. The molecule has 0 radical (unpaired) electrons. The second-order valence-electron chi connectivity index (χ2n) is 8.70. The lowest BCUT2D eigenvalue weighted by Crippen LogP contribution is -2.57. The van der Waals surface area contributed by atoms with Gasteiger partial charge in [0.15, 0.2) is 27.4 Å². The zero-order valence-corrected chi connectivity index (χ0v) is 19.8. The van der Waals surface area contributed by atoms with Gasteiger partial charge in [0.1, 0.15) is 10.1 Å². The number of sulfone groups is 1. The van der Waals surface area contributed by atoms with Crippen molar-refractivity contribution in [3.63, 3.8) is 0 Å². The van der Waals surface area contributed by atoms with Gasteiger partial charge in [-0.2, -0.15) is 5.10 Å². The predicted octanol–water partition coefficient (Wildman–Crippen LogP) is -0.486. The molecule has 4 rings (SSSR count). The molecule has 0 aliphatic carbocycles. The molecule has 0 saturated carbocycles. The van der Waals surface area contributed by atoms with E-state index in [1.54, 1.807) is 0 Å². The number of benzene rings is 1. The fourth-order valence-corrected chi connectivity index (χ4v) is 7.02. The number of aromatic hydroxyl groups is 2. The number of carbonyl (C=O) groups excluding carboxylic acids is 3. The third-order valence-corrected chi connectivity index (χ3v) is 9.69. The van der Waals surface area contributed by atoms with Crippen molar-refractivity contribution in [3.05, 3.63) is 22.7 Å². The molecule has 4 atom stereocenters. The first-order valence-electron chi connectivity index (χ1n) is 10.4.